The summed E-state index contributed by atoms with van der Waals surface area (Å²) < 4.78 is 5.84. The van der Waals surface area contributed by atoms with Gasteiger partial charge in [-0.25, -0.2) is 0 Å². The van der Waals surface area contributed by atoms with Crippen molar-refractivity contribution in [2.24, 2.45) is 5.92 Å². The first-order chi connectivity index (χ1) is 9.31. The normalized spacial score (nSPS) is 16.9. The first kappa shape index (κ1) is 10.9. The maximum atomic E-state index is 5.84. The predicted octanol–water partition coefficient (Wildman–Crippen LogP) is 4.80. The minimum atomic E-state index is 0.565. The molecule has 1 unspecified atom stereocenters. The van der Waals surface area contributed by atoms with Gasteiger partial charge in [-0.2, -0.15) is 0 Å². The number of furan rings is 1. The highest BCUT2D eigenvalue weighted by Crippen LogP contribution is 2.35. The van der Waals surface area contributed by atoms with Crippen molar-refractivity contribution >= 4 is 27.6 Å². The molecule has 1 saturated carbocycles. The van der Waals surface area contributed by atoms with Crippen molar-refractivity contribution in [1.82, 2.24) is 0 Å². The first-order valence-corrected chi connectivity index (χ1v) is 6.99. The van der Waals surface area contributed by atoms with Gasteiger partial charge in [0.2, 0.25) is 0 Å². The van der Waals surface area contributed by atoms with Gasteiger partial charge >= 0.3 is 0 Å². The average molecular weight is 251 g/mol. The van der Waals surface area contributed by atoms with Crippen molar-refractivity contribution < 1.29 is 4.42 Å². The smallest absolute Gasteiger partial charge is 0.135 e. The molecule has 4 rings (SSSR count). The molecule has 1 heterocycles. The van der Waals surface area contributed by atoms with E-state index in [-0.39, 0.29) is 0 Å². The summed E-state index contributed by atoms with van der Waals surface area (Å²) in [5.41, 5.74) is 3.12. The summed E-state index contributed by atoms with van der Waals surface area (Å²) in [4.78, 5) is 0. The number of para-hydroxylation sites is 1. The summed E-state index contributed by atoms with van der Waals surface area (Å²) in [6.07, 6.45) is 2.73. The number of rotatable bonds is 3. The lowest BCUT2D eigenvalue weighted by molar-refractivity contribution is 0.668. The van der Waals surface area contributed by atoms with E-state index in [0.717, 1.165) is 17.1 Å². The molecule has 96 valence electrons. The van der Waals surface area contributed by atoms with E-state index in [1.54, 1.807) is 0 Å². The monoisotopic (exact) mass is 251 g/mol. The topological polar surface area (TPSA) is 25.2 Å². The molecule has 0 bridgehead atoms. The van der Waals surface area contributed by atoms with Crippen molar-refractivity contribution in [2.45, 2.75) is 25.8 Å². The zero-order chi connectivity index (χ0) is 12.8. The minimum Gasteiger partial charge on any atom is -0.456 e. The van der Waals surface area contributed by atoms with Crippen molar-refractivity contribution in [1.29, 1.82) is 0 Å². The summed E-state index contributed by atoms with van der Waals surface area (Å²) in [6, 6.07) is 15.2. The Balaban J connectivity index is 1.78. The highest BCUT2D eigenvalue weighted by molar-refractivity contribution is 6.05. The van der Waals surface area contributed by atoms with Gasteiger partial charge < -0.3 is 9.73 Å². The van der Waals surface area contributed by atoms with Crippen molar-refractivity contribution in [3.63, 3.8) is 0 Å². The van der Waals surface area contributed by atoms with Crippen LogP contribution in [-0.2, 0) is 0 Å². The van der Waals surface area contributed by atoms with E-state index in [1.807, 2.05) is 12.1 Å². The Kier molecular flexibility index (Phi) is 2.31. The fourth-order valence-electron chi connectivity index (χ4n) is 2.79. The lowest BCUT2D eigenvalue weighted by Gasteiger charge is -2.14. The third-order valence-corrected chi connectivity index (χ3v) is 4.10. The van der Waals surface area contributed by atoms with E-state index in [1.165, 1.54) is 29.3 Å². The van der Waals surface area contributed by atoms with Crippen LogP contribution >= 0.6 is 0 Å². The molecular formula is C17H17NO. The molecule has 1 atom stereocenters. The molecule has 1 fully saturated rings. The first-order valence-electron chi connectivity index (χ1n) is 6.99. The van der Waals surface area contributed by atoms with Gasteiger partial charge in [0.25, 0.3) is 0 Å². The summed E-state index contributed by atoms with van der Waals surface area (Å²) >= 11 is 0. The summed E-state index contributed by atoms with van der Waals surface area (Å²) in [5, 5.41) is 6.00. The quantitative estimate of drug-likeness (QED) is 0.723. The van der Waals surface area contributed by atoms with Crippen molar-refractivity contribution in [3.05, 3.63) is 42.5 Å². The van der Waals surface area contributed by atoms with E-state index >= 15 is 0 Å². The van der Waals surface area contributed by atoms with Gasteiger partial charge in [0.15, 0.2) is 0 Å². The van der Waals surface area contributed by atoms with E-state index in [2.05, 4.69) is 42.6 Å². The third kappa shape index (κ3) is 1.88. The Morgan fingerprint density at radius 1 is 1.05 bits per heavy atom. The van der Waals surface area contributed by atoms with E-state index in [9.17, 15) is 0 Å². The van der Waals surface area contributed by atoms with Gasteiger partial charge in [0.1, 0.15) is 11.2 Å². The zero-order valence-corrected chi connectivity index (χ0v) is 11.0. The van der Waals surface area contributed by atoms with Gasteiger partial charge in [0.05, 0.1) is 0 Å². The molecule has 2 heteroatoms. The molecule has 19 heavy (non-hydrogen) atoms. The number of fused-ring (bicyclic) bond motifs is 3. The average Bonchev–Trinajstić information content (AvgIpc) is 3.21. The third-order valence-electron chi connectivity index (χ3n) is 4.10. The summed E-state index contributed by atoms with van der Waals surface area (Å²) in [6.45, 7) is 2.27. The maximum absolute atomic E-state index is 5.84. The molecule has 0 amide bonds. The Morgan fingerprint density at radius 3 is 2.68 bits per heavy atom. The Labute approximate surface area is 112 Å². The molecule has 0 spiro atoms. The number of hydrogen-bond acceptors (Lipinski definition) is 2. The van der Waals surface area contributed by atoms with Crippen LogP contribution in [0, 0.1) is 5.92 Å². The second-order valence-electron chi connectivity index (χ2n) is 5.58. The molecule has 0 saturated heterocycles. The van der Waals surface area contributed by atoms with Crippen LogP contribution in [0.1, 0.15) is 19.8 Å². The second-order valence-corrected chi connectivity index (χ2v) is 5.58. The molecule has 1 aromatic heterocycles. The van der Waals surface area contributed by atoms with Crippen molar-refractivity contribution in [2.75, 3.05) is 5.32 Å². The number of hydrogen-bond donors (Lipinski definition) is 1. The van der Waals surface area contributed by atoms with Gasteiger partial charge in [-0.15, -0.1) is 0 Å². The SMILES string of the molecule is CC(Nc1ccc2oc3ccccc3c2c1)C1CC1. The lowest BCUT2D eigenvalue weighted by Crippen LogP contribution is -2.16. The maximum Gasteiger partial charge on any atom is 0.135 e. The molecule has 1 aliphatic carbocycles. The summed E-state index contributed by atoms with van der Waals surface area (Å²) in [7, 11) is 0. The standard InChI is InChI=1S/C17H17NO/c1-11(12-6-7-12)18-13-8-9-17-15(10-13)14-4-2-3-5-16(14)19-17/h2-5,8-12,18H,6-7H2,1H3. The Hall–Kier alpha value is -1.96. The molecule has 3 aromatic rings. The number of anilines is 1. The fourth-order valence-corrected chi connectivity index (χ4v) is 2.79. The minimum absolute atomic E-state index is 0.565. The van der Waals surface area contributed by atoms with Crippen LogP contribution < -0.4 is 5.32 Å². The zero-order valence-electron chi connectivity index (χ0n) is 11.0. The van der Waals surface area contributed by atoms with Gasteiger partial charge in [-0.05, 0) is 49.9 Å². The van der Waals surface area contributed by atoms with Crippen LogP contribution in [0.2, 0.25) is 0 Å². The van der Waals surface area contributed by atoms with Gasteiger partial charge in [-0.1, -0.05) is 18.2 Å². The molecule has 1 N–H and O–H groups in total. The number of benzene rings is 2. The van der Waals surface area contributed by atoms with Crippen LogP contribution in [0.3, 0.4) is 0 Å². The van der Waals surface area contributed by atoms with E-state index < -0.39 is 0 Å². The van der Waals surface area contributed by atoms with Crippen LogP contribution in [0.5, 0.6) is 0 Å². The lowest BCUT2D eigenvalue weighted by atomic mass is 10.1. The van der Waals surface area contributed by atoms with Crippen LogP contribution in [0.25, 0.3) is 21.9 Å². The Morgan fingerprint density at radius 2 is 1.84 bits per heavy atom. The summed E-state index contributed by atoms with van der Waals surface area (Å²) in [5.74, 6) is 0.858. The Bertz CT molecular complexity index is 739. The second kappa shape index (κ2) is 4.02. The van der Waals surface area contributed by atoms with Crippen LogP contribution in [0.15, 0.2) is 46.9 Å². The number of nitrogens with one attached hydrogen (secondary N) is 1. The van der Waals surface area contributed by atoms with Crippen LogP contribution in [0.4, 0.5) is 5.69 Å². The molecule has 0 aliphatic heterocycles. The largest absolute Gasteiger partial charge is 0.456 e. The fraction of sp³-hybridized carbons (Fsp3) is 0.294. The molecule has 2 nitrogen and oxygen atoms in total. The van der Waals surface area contributed by atoms with E-state index in [4.69, 9.17) is 4.42 Å². The van der Waals surface area contributed by atoms with Gasteiger partial charge in [-0.3, -0.25) is 0 Å². The van der Waals surface area contributed by atoms with E-state index in [0.29, 0.717) is 6.04 Å². The van der Waals surface area contributed by atoms with Crippen LogP contribution in [-0.4, -0.2) is 6.04 Å². The molecular weight excluding hydrogens is 234 g/mol. The highest BCUT2D eigenvalue weighted by Gasteiger charge is 2.27. The molecule has 2 aromatic carbocycles. The predicted molar refractivity (Wildman–Crippen MR) is 79.5 cm³/mol. The molecule has 1 aliphatic rings. The highest BCUT2D eigenvalue weighted by atomic mass is 16.3. The van der Waals surface area contributed by atoms with Gasteiger partial charge in [0, 0.05) is 22.5 Å². The van der Waals surface area contributed by atoms with Crippen molar-refractivity contribution in [3.8, 4) is 0 Å². The molecule has 0 radical (unpaired) electrons.